The number of rotatable bonds is 5. The van der Waals surface area contributed by atoms with Gasteiger partial charge in [0.15, 0.2) is 0 Å². The normalized spacial score (nSPS) is 9.81. The first kappa shape index (κ1) is 23.6. The Morgan fingerprint density at radius 3 is 1.92 bits per heavy atom. The molecule has 0 unspecified atom stereocenters. The van der Waals surface area contributed by atoms with E-state index in [0.29, 0.717) is 17.6 Å². The van der Waals surface area contributed by atoms with E-state index in [9.17, 15) is 9.59 Å². The fourth-order valence-corrected chi connectivity index (χ4v) is 2.24. The van der Waals surface area contributed by atoms with Crippen LogP contribution >= 0.6 is 0 Å². The van der Waals surface area contributed by atoms with Crippen LogP contribution < -0.4 is 12.4 Å². The summed E-state index contributed by atoms with van der Waals surface area (Å²) in [4.78, 5) is 22.5. The molecule has 0 bridgehead atoms. The third-order valence-corrected chi connectivity index (χ3v) is 3.44. The van der Waals surface area contributed by atoms with Crippen molar-refractivity contribution in [3.8, 4) is 0 Å². The van der Waals surface area contributed by atoms with Crippen molar-refractivity contribution in [3.05, 3.63) is 84.4 Å². The Hall–Kier alpha value is -2.43. The maximum absolute atomic E-state index is 12.4. The molecule has 0 aliphatic carbocycles. The molecule has 1 amide bonds. The van der Waals surface area contributed by atoms with Gasteiger partial charge in [0.1, 0.15) is 6.54 Å². The van der Waals surface area contributed by atoms with Crippen LogP contribution in [0.1, 0.15) is 22.8 Å². The van der Waals surface area contributed by atoms with Crippen molar-refractivity contribution in [1.29, 1.82) is 0 Å². The van der Waals surface area contributed by atoms with E-state index in [-0.39, 0.29) is 24.3 Å². The van der Waals surface area contributed by atoms with Gasteiger partial charge in [-0.1, -0.05) is 55.1 Å². The van der Waals surface area contributed by atoms with Crippen molar-refractivity contribution >= 4 is 11.9 Å². The minimum atomic E-state index is -0.359. The number of ether oxygens (including phenoxy) is 1. The van der Waals surface area contributed by atoms with E-state index in [1.807, 2.05) is 62.6 Å². The summed E-state index contributed by atoms with van der Waals surface area (Å²) in [6, 6.07) is 19.6. The number of quaternary nitrogens is 1. The van der Waals surface area contributed by atoms with Gasteiger partial charge in [0.05, 0.1) is 26.3 Å². The molecule has 0 saturated heterocycles. The van der Waals surface area contributed by atoms with Gasteiger partial charge in [0.25, 0.3) is 0 Å². The fourth-order valence-electron chi connectivity index (χ4n) is 2.24. The predicted octanol–water partition coefficient (Wildman–Crippen LogP) is 0.843. The molecule has 2 aromatic carbocycles. The van der Waals surface area contributed by atoms with Crippen LogP contribution in [0.25, 0.3) is 0 Å². The number of hydrogen-bond acceptors (Lipinski definition) is 3. The standard InChI is InChI=1S/C16H18NO.C5H8O2.ClH/c1-17(2,13-14-9-5-3-6-10-14)16(18)15-11-7-4-8-12-15;1-3-5(6)7-4-2;/h3-12H,13H2,1-2H3;3H,1,4H2,2H3;1H/q+1;;/p-1. The second kappa shape index (κ2) is 12.0. The molecule has 0 aromatic heterocycles. The van der Waals surface area contributed by atoms with Gasteiger partial charge in [-0.15, -0.1) is 0 Å². The summed E-state index contributed by atoms with van der Waals surface area (Å²) in [5.74, 6) is -0.220. The summed E-state index contributed by atoms with van der Waals surface area (Å²) in [7, 11) is 3.89. The smallest absolute Gasteiger partial charge is 0.345 e. The molecule has 0 heterocycles. The first-order valence-corrected chi connectivity index (χ1v) is 8.16. The van der Waals surface area contributed by atoms with Crippen LogP contribution in [0, 0.1) is 0 Å². The van der Waals surface area contributed by atoms with Gasteiger partial charge in [0.2, 0.25) is 0 Å². The molecule has 0 spiro atoms. The van der Waals surface area contributed by atoms with E-state index >= 15 is 0 Å². The summed E-state index contributed by atoms with van der Waals surface area (Å²) in [6.45, 7) is 6.08. The lowest BCUT2D eigenvalue weighted by Crippen LogP contribution is -3.00. The number of hydrogen-bond donors (Lipinski definition) is 0. The van der Waals surface area contributed by atoms with Crippen molar-refractivity contribution in [1.82, 2.24) is 0 Å². The lowest BCUT2D eigenvalue weighted by molar-refractivity contribution is -0.821. The third kappa shape index (κ3) is 8.10. The molecular weight excluding hydrogens is 350 g/mol. The van der Waals surface area contributed by atoms with Crippen LogP contribution in [0.3, 0.4) is 0 Å². The molecule has 140 valence electrons. The molecule has 0 fully saturated rings. The highest BCUT2D eigenvalue weighted by Gasteiger charge is 2.27. The number of carbonyl (C=O) groups excluding carboxylic acids is 2. The van der Waals surface area contributed by atoms with E-state index < -0.39 is 0 Å². The highest BCUT2D eigenvalue weighted by Crippen LogP contribution is 2.14. The Labute approximate surface area is 162 Å². The number of amides is 1. The molecule has 0 aliphatic rings. The minimum absolute atomic E-state index is 0. The topological polar surface area (TPSA) is 43.4 Å². The van der Waals surface area contributed by atoms with Crippen molar-refractivity contribution in [3.63, 3.8) is 0 Å². The van der Waals surface area contributed by atoms with Gasteiger partial charge >= 0.3 is 11.9 Å². The lowest BCUT2D eigenvalue weighted by Gasteiger charge is -2.26. The monoisotopic (exact) mass is 375 g/mol. The zero-order valence-corrected chi connectivity index (χ0v) is 16.3. The van der Waals surface area contributed by atoms with E-state index in [2.05, 4.69) is 23.4 Å². The number of esters is 1. The molecule has 0 atom stereocenters. The summed E-state index contributed by atoms with van der Waals surface area (Å²) in [5.41, 5.74) is 1.94. The number of benzene rings is 2. The molecular formula is C21H26ClNO3. The maximum atomic E-state index is 12.4. The molecule has 0 saturated carbocycles. The Morgan fingerprint density at radius 2 is 1.50 bits per heavy atom. The summed E-state index contributed by atoms with van der Waals surface area (Å²) in [5, 5.41) is 0. The zero-order chi connectivity index (χ0) is 18.7. The summed E-state index contributed by atoms with van der Waals surface area (Å²) < 4.78 is 4.76. The van der Waals surface area contributed by atoms with Gasteiger partial charge < -0.3 is 17.1 Å². The highest BCUT2D eigenvalue weighted by atomic mass is 35.5. The van der Waals surface area contributed by atoms with Gasteiger partial charge in [-0.2, -0.15) is 0 Å². The van der Waals surface area contributed by atoms with Crippen molar-refractivity contribution in [2.75, 3.05) is 20.7 Å². The average molecular weight is 376 g/mol. The maximum Gasteiger partial charge on any atom is 0.345 e. The Bertz CT molecular complexity index is 685. The van der Waals surface area contributed by atoms with Crippen LogP contribution in [0.5, 0.6) is 0 Å². The van der Waals surface area contributed by atoms with Gasteiger partial charge in [-0.25, -0.2) is 9.59 Å². The summed E-state index contributed by atoms with van der Waals surface area (Å²) >= 11 is 0. The van der Waals surface area contributed by atoms with Crippen LogP contribution in [-0.2, 0) is 16.1 Å². The Balaban J connectivity index is 0.000000673. The van der Waals surface area contributed by atoms with Crippen molar-refractivity contribution in [2.24, 2.45) is 0 Å². The minimum Gasteiger partial charge on any atom is -1.00 e. The molecule has 0 N–H and O–H groups in total. The fraction of sp³-hybridized carbons (Fsp3) is 0.238. The number of halogens is 1. The SMILES string of the molecule is C=CC(=O)OCC.C[N+](C)(Cc1ccccc1)C(=O)c1ccccc1.[Cl-]. The first-order chi connectivity index (χ1) is 11.9. The van der Waals surface area contributed by atoms with E-state index in [0.717, 1.165) is 11.6 Å². The second-order valence-electron chi connectivity index (χ2n) is 5.96. The van der Waals surface area contributed by atoms with E-state index in [1.165, 1.54) is 5.56 Å². The summed E-state index contributed by atoms with van der Waals surface area (Å²) in [6.07, 6.45) is 1.14. The molecule has 2 rings (SSSR count). The van der Waals surface area contributed by atoms with Gasteiger partial charge in [0, 0.05) is 11.6 Å². The lowest BCUT2D eigenvalue weighted by atomic mass is 10.1. The zero-order valence-electron chi connectivity index (χ0n) is 15.5. The van der Waals surface area contributed by atoms with Crippen molar-refractivity contribution in [2.45, 2.75) is 13.5 Å². The van der Waals surface area contributed by atoms with Crippen LogP contribution in [0.15, 0.2) is 73.3 Å². The van der Waals surface area contributed by atoms with Gasteiger partial charge in [-0.3, -0.25) is 4.48 Å². The molecule has 5 heteroatoms. The average Bonchev–Trinajstić information content (AvgIpc) is 2.63. The highest BCUT2D eigenvalue weighted by molar-refractivity contribution is 5.88. The van der Waals surface area contributed by atoms with Crippen molar-refractivity contribution < 1.29 is 31.2 Å². The van der Waals surface area contributed by atoms with Crippen LogP contribution in [-0.4, -0.2) is 37.1 Å². The number of nitrogens with zero attached hydrogens (tertiary/aromatic N) is 1. The molecule has 0 radical (unpaired) electrons. The van der Waals surface area contributed by atoms with Crippen LogP contribution in [0.4, 0.5) is 0 Å². The molecule has 2 aromatic rings. The predicted molar refractivity (Wildman–Crippen MR) is 99.9 cm³/mol. The Kier molecular flexibility index (Phi) is 10.9. The Morgan fingerprint density at radius 1 is 1.00 bits per heavy atom. The third-order valence-electron chi connectivity index (χ3n) is 3.44. The molecule has 26 heavy (non-hydrogen) atoms. The van der Waals surface area contributed by atoms with Gasteiger partial charge in [-0.05, 0) is 19.1 Å². The number of carbonyl (C=O) groups is 2. The quantitative estimate of drug-likeness (QED) is 0.442. The van der Waals surface area contributed by atoms with Crippen LogP contribution in [0.2, 0.25) is 0 Å². The van der Waals surface area contributed by atoms with E-state index in [4.69, 9.17) is 0 Å². The second-order valence-corrected chi connectivity index (χ2v) is 5.96. The molecule has 0 aliphatic heterocycles. The molecule has 4 nitrogen and oxygen atoms in total. The van der Waals surface area contributed by atoms with E-state index in [1.54, 1.807) is 6.92 Å². The first-order valence-electron chi connectivity index (χ1n) is 8.16. The largest absolute Gasteiger partial charge is 1.00 e.